The molecule has 0 saturated carbocycles. The molecule has 3 rings (SSSR count). The van der Waals surface area contributed by atoms with E-state index in [1.807, 2.05) is 22.5 Å². The number of aromatic nitrogens is 2. The van der Waals surface area contributed by atoms with Crippen LogP contribution in [0.25, 0.3) is 0 Å². The maximum Gasteiger partial charge on any atom is 0.222 e. The molecule has 1 fully saturated rings. The van der Waals surface area contributed by atoms with E-state index in [0.29, 0.717) is 12.3 Å². The molecule has 1 amide bonds. The highest BCUT2D eigenvalue weighted by Crippen LogP contribution is 2.20. The molecule has 6 heteroatoms. The Kier molecular flexibility index (Phi) is 6.15. The van der Waals surface area contributed by atoms with Crippen LogP contribution in [0.1, 0.15) is 29.0 Å². The minimum atomic E-state index is 0.278. The summed E-state index contributed by atoms with van der Waals surface area (Å²) < 4.78 is 0. The molecule has 1 atom stereocenters. The third-order valence-corrected chi connectivity index (χ3v) is 5.76. The van der Waals surface area contributed by atoms with E-state index in [0.717, 1.165) is 44.7 Å². The summed E-state index contributed by atoms with van der Waals surface area (Å²) >= 11 is 1.72. The zero-order valence-corrected chi connectivity index (χ0v) is 15.8. The van der Waals surface area contributed by atoms with Gasteiger partial charge in [-0.1, -0.05) is 0 Å². The number of rotatable bonds is 7. The number of pyridine rings is 1. The largest absolute Gasteiger partial charge is 0.342 e. The molecule has 3 heterocycles. The molecule has 1 aliphatic rings. The molecular weight excluding hydrogens is 332 g/mol. The highest BCUT2D eigenvalue weighted by molar-refractivity contribution is 7.09. The topological polar surface area (TPSA) is 49.3 Å². The summed E-state index contributed by atoms with van der Waals surface area (Å²) in [7, 11) is 2.16. The number of carbonyl (C=O) groups excluding carboxylic acids is 1. The molecule has 134 valence electrons. The lowest BCUT2D eigenvalue weighted by atomic mass is 10.1. The second-order valence-corrected chi connectivity index (χ2v) is 7.85. The van der Waals surface area contributed by atoms with Gasteiger partial charge in [-0.3, -0.25) is 9.78 Å². The minimum Gasteiger partial charge on any atom is -0.342 e. The molecule has 0 unspecified atom stereocenters. The van der Waals surface area contributed by atoms with E-state index in [2.05, 4.69) is 28.8 Å². The predicted octanol–water partition coefficient (Wildman–Crippen LogP) is 2.76. The Morgan fingerprint density at radius 3 is 2.92 bits per heavy atom. The Morgan fingerprint density at radius 1 is 1.40 bits per heavy atom. The van der Waals surface area contributed by atoms with Crippen LogP contribution in [0, 0.1) is 12.8 Å². The zero-order chi connectivity index (χ0) is 17.6. The van der Waals surface area contributed by atoms with Gasteiger partial charge in [-0.05, 0) is 50.4 Å². The summed E-state index contributed by atoms with van der Waals surface area (Å²) in [6.45, 7) is 5.83. The molecule has 2 aromatic rings. The van der Waals surface area contributed by atoms with Crippen LogP contribution in [0.15, 0.2) is 30.0 Å². The van der Waals surface area contributed by atoms with Gasteiger partial charge in [0, 0.05) is 49.9 Å². The van der Waals surface area contributed by atoms with Gasteiger partial charge in [0.2, 0.25) is 5.91 Å². The molecule has 2 aromatic heterocycles. The van der Waals surface area contributed by atoms with Crippen molar-refractivity contribution in [2.24, 2.45) is 5.92 Å². The molecule has 0 aliphatic carbocycles. The Hall–Kier alpha value is -1.79. The predicted molar refractivity (Wildman–Crippen MR) is 100 cm³/mol. The minimum absolute atomic E-state index is 0.278. The highest BCUT2D eigenvalue weighted by Gasteiger charge is 2.26. The van der Waals surface area contributed by atoms with E-state index >= 15 is 0 Å². The maximum atomic E-state index is 12.4. The van der Waals surface area contributed by atoms with Crippen molar-refractivity contribution < 1.29 is 4.79 Å². The first-order valence-corrected chi connectivity index (χ1v) is 9.74. The quantitative estimate of drug-likeness (QED) is 0.764. The lowest BCUT2D eigenvalue weighted by molar-refractivity contribution is -0.130. The summed E-state index contributed by atoms with van der Waals surface area (Å²) in [4.78, 5) is 26.5. The second-order valence-electron chi connectivity index (χ2n) is 6.91. The van der Waals surface area contributed by atoms with Crippen molar-refractivity contribution in [3.8, 4) is 0 Å². The summed E-state index contributed by atoms with van der Waals surface area (Å²) in [6.07, 6.45) is 6.06. The Labute approximate surface area is 153 Å². The number of hydrogen-bond donors (Lipinski definition) is 0. The normalized spacial score (nSPS) is 17.4. The van der Waals surface area contributed by atoms with E-state index in [9.17, 15) is 4.79 Å². The van der Waals surface area contributed by atoms with E-state index in [4.69, 9.17) is 0 Å². The fourth-order valence-corrected chi connectivity index (χ4v) is 4.25. The summed E-state index contributed by atoms with van der Waals surface area (Å²) in [5.74, 6) is 0.850. The van der Waals surface area contributed by atoms with Gasteiger partial charge in [-0.15, -0.1) is 11.3 Å². The van der Waals surface area contributed by atoms with Gasteiger partial charge in [-0.2, -0.15) is 0 Å². The standard InChI is InChI=1S/C19H26N4OS/c1-15-18(25-14-21-15)13-22(2)11-17-7-10-23(12-17)19(24)4-3-16-5-8-20-9-6-16/h5-6,8-9,14,17H,3-4,7,10-13H2,1-2H3/t17-/m0/s1. The number of carbonyl (C=O) groups is 1. The third kappa shape index (κ3) is 5.09. The molecule has 0 N–H and O–H groups in total. The van der Waals surface area contributed by atoms with Gasteiger partial charge in [0.25, 0.3) is 0 Å². The van der Waals surface area contributed by atoms with Gasteiger partial charge < -0.3 is 9.80 Å². The number of nitrogens with zero attached hydrogens (tertiary/aromatic N) is 4. The van der Waals surface area contributed by atoms with Crippen LogP contribution in [0.4, 0.5) is 0 Å². The van der Waals surface area contributed by atoms with Gasteiger partial charge in [0.15, 0.2) is 0 Å². The molecule has 0 bridgehead atoms. The van der Waals surface area contributed by atoms with E-state index < -0.39 is 0 Å². The molecule has 1 saturated heterocycles. The number of likely N-dealkylation sites (tertiary alicyclic amines) is 1. The molecule has 0 spiro atoms. The van der Waals surface area contributed by atoms with Crippen molar-refractivity contribution >= 4 is 17.2 Å². The molecular formula is C19H26N4OS. The SMILES string of the molecule is Cc1ncsc1CN(C)C[C@@H]1CCN(C(=O)CCc2ccncc2)C1. The fourth-order valence-electron chi connectivity index (χ4n) is 3.40. The van der Waals surface area contributed by atoms with Crippen molar-refractivity contribution in [1.29, 1.82) is 0 Å². The van der Waals surface area contributed by atoms with Crippen molar-refractivity contribution in [3.05, 3.63) is 46.2 Å². The van der Waals surface area contributed by atoms with Crippen LogP contribution in [0.5, 0.6) is 0 Å². The Bertz CT molecular complexity index is 688. The molecule has 5 nitrogen and oxygen atoms in total. The van der Waals surface area contributed by atoms with Crippen LogP contribution in [0.3, 0.4) is 0 Å². The van der Waals surface area contributed by atoms with Crippen LogP contribution in [0.2, 0.25) is 0 Å². The third-order valence-electron chi connectivity index (χ3n) is 4.84. The van der Waals surface area contributed by atoms with Gasteiger partial charge >= 0.3 is 0 Å². The second kappa shape index (κ2) is 8.54. The van der Waals surface area contributed by atoms with E-state index in [1.165, 1.54) is 10.4 Å². The lowest BCUT2D eigenvalue weighted by Crippen LogP contribution is -2.31. The highest BCUT2D eigenvalue weighted by atomic mass is 32.1. The molecule has 0 radical (unpaired) electrons. The van der Waals surface area contributed by atoms with Gasteiger partial charge in [0.05, 0.1) is 11.2 Å². The van der Waals surface area contributed by atoms with Crippen molar-refractivity contribution in [2.45, 2.75) is 32.7 Å². The lowest BCUT2D eigenvalue weighted by Gasteiger charge is -2.21. The van der Waals surface area contributed by atoms with E-state index in [1.54, 1.807) is 23.7 Å². The van der Waals surface area contributed by atoms with Crippen molar-refractivity contribution in [1.82, 2.24) is 19.8 Å². The molecule has 25 heavy (non-hydrogen) atoms. The zero-order valence-electron chi connectivity index (χ0n) is 15.0. The van der Waals surface area contributed by atoms with Gasteiger partial charge in [-0.25, -0.2) is 4.98 Å². The number of thiazole rings is 1. The average molecular weight is 359 g/mol. The first kappa shape index (κ1) is 18.0. The first-order chi connectivity index (χ1) is 12.1. The maximum absolute atomic E-state index is 12.4. The van der Waals surface area contributed by atoms with Crippen molar-refractivity contribution in [2.75, 3.05) is 26.7 Å². The van der Waals surface area contributed by atoms with Crippen LogP contribution in [-0.4, -0.2) is 52.4 Å². The molecule has 1 aliphatic heterocycles. The summed E-state index contributed by atoms with van der Waals surface area (Å²) in [5, 5.41) is 0. The fraction of sp³-hybridized carbons (Fsp3) is 0.526. The Balaban J connectivity index is 1.41. The van der Waals surface area contributed by atoms with Gasteiger partial charge in [0.1, 0.15) is 0 Å². The van der Waals surface area contributed by atoms with E-state index in [-0.39, 0.29) is 5.91 Å². The van der Waals surface area contributed by atoms with Crippen molar-refractivity contribution in [3.63, 3.8) is 0 Å². The Morgan fingerprint density at radius 2 is 2.20 bits per heavy atom. The van der Waals surface area contributed by atoms with Crippen LogP contribution in [-0.2, 0) is 17.8 Å². The number of aryl methyl sites for hydroxylation is 2. The number of hydrogen-bond acceptors (Lipinski definition) is 5. The first-order valence-electron chi connectivity index (χ1n) is 8.86. The molecule has 0 aromatic carbocycles. The summed E-state index contributed by atoms with van der Waals surface area (Å²) in [6, 6.07) is 3.97. The van der Waals surface area contributed by atoms with Crippen LogP contribution < -0.4 is 0 Å². The monoisotopic (exact) mass is 358 g/mol. The smallest absolute Gasteiger partial charge is 0.222 e. The summed E-state index contributed by atoms with van der Waals surface area (Å²) in [5.41, 5.74) is 4.23. The average Bonchev–Trinajstić information content (AvgIpc) is 3.23. The van der Waals surface area contributed by atoms with Crippen LogP contribution >= 0.6 is 11.3 Å². The number of amides is 1.